The van der Waals surface area contributed by atoms with Crippen LogP contribution < -0.4 is 4.90 Å². The van der Waals surface area contributed by atoms with Crippen LogP contribution in [0.2, 0.25) is 0 Å². The number of carbonyl (C=O) groups is 2. The lowest BCUT2D eigenvalue weighted by Crippen LogP contribution is -2.27. The quantitative estimate of drug-likeness (QED) is 0.772. The van der Waals surface area contributed by atoms with E-state index in [1.165, 1.54) is 24.3 Å². The molecule has 1 saturated heterocycles. The summed E-state index contributed by atoms with van der Waals surface area (Å²) in [5.41, 5.74) is 2.31. The van der Waals surface area contributed by atoms with Gasteiger partial charge in [0.2, 0.25) is 0 Å². The number of benzene rings is 2. The zero-order valence-corrected chi connectivity index (χ0v) is 12.6. The van der Waals surface area contributed by atoms with Gasteiger partial charge in [-0.05, 0) is 54.6 Å². The molecule has 0 radical (unpaired) electrons. The van der Waals surface area contributed by atoms with Gasteiger partial charge in [0.1, 0.15) is 5.82 Å². The van der Waals surface area contributed by atoms with Gasteiger partial charge in [-0.25, -0.2) is 9.29 Å². The summed E-state index contributed by atoms with van der Waals surface area (Å²) in [7, 11) is 0. The van der Waals surface area contributed by atoms with E-state index in [4.69, 9.17) is 0 Å². The summed E-state index contributed by atoms with van der Waals surface area (Å²) >= 11 is 0.886. The maximum absolute atomic E-state index is 13.0. The average molecular weight is 313 g/mol. The smallest absolute Gasteiger partial charge is 0.268 e. The van der Waals surface area contributed by atoms with Gasteiger partial charge in [0.15, 0.2) is 0 Å². The van der Waals surface area contributed by atoms with Gasteiger partial charge < -0.3 is 0 Å². The first kappa shape index (κ1) is 14.5. The SMILES string of the molecule is Cc1cccc(/C=C2\SC(=O)N(c3ccc(F)cc3)C2=O)c1. The molecule has 0 N–H and O–H groups in total. The molecule has 0 unspecified atom stereocenters. The van der Waals surface area contributed by atoms with Gasteiger partial charge in [-0.3, -0.25) is 9.59 Å². The minimum Gasteiger partial charge on any atom is -0.268 e. The Kier molecular flexibility index (Phi) is 3.81. The molecule has 1 aliphatic heterocycles. The van der Waals surface area contributed by atoms with Crippen LogP contribution in [0.3, 0.4) is 0 Å². The minimum atomic E-state index is -0.411. The van der Waals surface area contributed by atoms with Crippen LogP contribution in [0, 0.1) is 12.7 Å². The molecule has 2 aromatic rings. The molecule has 110 valence electrons. The van der Waals surface area contributed by atoms with E-state index in [-0.39, 0.29) is 11.1 Å². The summed E-state index contributed by atoms with van der Waals surface area (Å²) < 4.78 is 13.0. The first-order valence-electron chi connectivity index (χ1n) is 6.65. The molecule has 3 rings (SSSR count). The van der Waals surface area contributed by atoms with Crippen molar-refractivity contribution in [2.45, 2.75) is 6.92 Å². The molecular weight excluding hydrogens is 301 g/mol. The summed E-state index contributed by atoms with van der Waals surface area (Å²) in [5.74, 6) is -0.797. The number of aryl methyl sites for hydroxylation is 1. The molecule has 0 bridgehead atoms. The van der Waals surface area contributed by atoms with Crippen molar-refractivity contribution in [1.82, 2.24) is 0 Å². The first-order chi connectivity index (χ1) is 10.5. The molecule has 1 fully saturated rings. The second-order valence-electron chi connectivity index (χ2n) is 4.91. The van der Waals surface area contributed by atoms with E-state index in [2.05, 4.69) is 0 Å². The summed E-state index contributed by atoms with van der Waals surface area (Å²) in [4.78, 5) is 25.9. The highest BCUT2D eigenvalue weighted by atomic mass is 32.2. The van der Waals surface area contributed by atoms with E-state index >= 15 is 0 Å². The van der Waals surface area contributed by atoms with Crippen molar-refractivity contribution in [1.29, 1.82) is 0 Å². The molecule has 0 spiro atoms. The second-order valence-corrected chi connectivity index (χ2v) is 5.90. The summed E-state index contributed by atoms with van der Waals surface area (Å²) in [5, 5.41) is -0.379. The van der Waals surface area contributed by atoms with Gasteiger partial charge >= 0.3 is 0 Å². The van der Waals surface area contributed by atoms with Crippen LogP contribution in [0.1, 0.15) is 11.1 Å². The number of amides is 2. The minimum absolute atomic E-state index is 0.361. The lowest BCUT2D eigenvalue weighted by molar-refractivity contribution is -0.113. The van der Waals surface area contributed by atoms with Crippen molar-refractivity contribution >= 4 is 34.7 Å². The second kappa shape index (κ2) is 5.77. The highest BCUT2D eigenvalue weighted by Gasteiger charge is 2.36. The van der Waals surface area contributed by atoms with Gasteiger partial charge in [-0.2, -0.15) is 0 Å². The molecule has 2 aromatic carbocycles. The van der Waals surface area contributed by atoms with Crippen molar-refractivity contribution in [3.05, 3.63) is 70.4 Å². The van der Waals surface area contributed by atoms with Crippen LogP contribution in [-0.2, 0) is 4.79 Å². The third-order valence-corrected chi connectivity index (χ3v) is 4.09. The van der Waals surface area contributed by atoms with Crippen LogP contribution in [0.5, 0.6) is 0 Å². The monoisotopic (exact) mass is 313 g/mol. The normalized spacial score (nSPS) is 16.6. The largest absolute Gasteiger partial charge is 0.298 e. The number of halogens is 1. The van der Waals surface area contributed by atoms with Crippen LogP contribution in [0.15, 0.2) is 53.4 Å². The molecule has 5 heteroatoms. The molecule has 0 aromatic heterocycles. The fourth-order valence-electron chi connectivity index (χ4n) is 2.19. The Balaban J connectivity index is 1.93. The summed E-state index contributed by atoms with van der Waals surface area (Å²) in [6.45, 7) is 1.96. The van der Waals surface area contributed by atoms with E-state index in [9.17, 15) is 14.0 Å². The van der Waals surface area contributed by atoms with E-state index in [0.717, 1.165) is 27.8 Å². The van der Waals surface area contributed by atoms with Gasteiger partial charge in [0.05, 0.1) is 10.6 Å². The molecule has 0 atom stereocenters. The van der Waals surface area contributed by atoms with E-state index in [1.807, 2.05) is 31.2 Å². The zero-order chi connectivity index (χ0) is 15.7. The maximum Gasteiger partial charge on any atom is 0.298 e. The van der Waals surface area contributed by atoms with Gasteiger partial charge in [0.25, 0.3) is 11.1 Å². The van der Waals surface area contributed by atoms with Gasteiger partial charge in [0, 0.05) is 0 Å². The van der Waals surface area contributed by atoms with Crippen molar-refractivity contribution in [3.8, 4) is 0 Å². The number of thioether (sulfide) groups is 1. The van der Waals surface area contributed by atoms with Crippen molar-refractivity contribution in [2.24, 2.45) is 0 Å². The van der Waals surface area contributed by atoms with Crippen molar-refractivity contribution < 1.29 is 14.0 Å². The molecule has 0 saturated carbocycles. The molecule has 2 amide bonds. The Morgan fingerprint density at radius 1 is 1.09 bits per heavy atom. The van der Waals surface area contributed by atoms with Crippen LogP contribution in [0.4, 0.5) is 14.9 Å². The molecule has 1 heterocycles. The first-order valence-corrected chi connectivity index (χ1v) is 7.46. The molecule has 3 nitrogen and oxygen atoms in total. The van der Waals surface area contributed by atoms with E-state index in [0.29, 0.717) is 10.6 Å². The highest BCUT2D eigenvalue weighted by Crippen LogP contribution is 2.35. The summed E-state index contributed by atoms with van der Waals surface area (Å²) in [6.07, 6.45) is 1.70. The summed E-state index contributed by atoms with van der Waals surface area (Å²) in [6, 6.07) is 13.0. The van der Waals surface area contributed by atoms with Gasteiger partial charge in [-0.1, -0.05) is 29.8 Å². The number of nitrogens with zero attached hydrogens (tertiary/aromatic N) is 1. The van der Waals surface area contributed by atoms with Crippen LogP contribution in [0.25, 0.3) is 6.08 Å². The number of imide groups is 1. The predicted molar refractivity (Wildman–Crippen MR) is 86.0 cm³/mol. The number of anilines is 1. The van der Waals surface area contributed by atoms with E-state index < -0.39 is 5.82 Å². The Morgan fingerprint density at radius 3 is 2.50 bits per heavy atom. The third kappa shape index (κ3) is 2.80. The van der Waals surface area contributed by atoms with Crippen molar-refractivity contribution in [2.75, 3.05) is 4.90 Å². The Bertz CT molecular complexity index is 784. The number of hydrogen-bond acceptors (Lipinski definition) is 3. The lowest BCUT2D eigenvalue weighted by atomic mass is 10.1. The zero-order valence-electron chi connectivity index (χ0n) is 11.7. The predicted octanol–water partition coefficient (Wildman–Crippen LogP) is 4.38. The number of carbonyl (C=O) groups excluding carboxylic acids is 2. The molecular formula is C17H12FNO2S. The van der Waals surface area contributed by atoms with Crippen LogP contribution >= 0.6 is 11.8 Å². The molecule has 0 aliphatic carbocycles. The van der Waals surface area contributed by atoms with Gasteiger partial charge in [-0.15, -0.1) is 0 Å². The fourth-order valence-corrected chi connectivity index (χ4v) is 3.03. The Hall–Kier alpha value is -2.40. The van der Waals surface area contributed by atoms with E-state index in [1.54, 1.807) is 6.08 Å². The topological polar surface area (TPSA) is 37.4 Å². The van der Waals surface area contributed by atoms with Crippen LogP contribution in [-0.4, -0.2) is 11.1 Å². The Morgan fingerprint density at radius 2 is 1.82 bits per heavy atom. The highest BCUT2D eigenvalue weighted by molar-refractivity contribution is 8.19. The average Bonchev–Trinajstić information content (AvgIpc) is 2.75. The number of rotatable bonds is 2. The molecule has 22 heavy (non-hydrogen) atoms. The third-order valence-electron chi connectivity index (χ3n) is 3.22. The molecule has 1 aliphatic rings. The maximum atomic E-state index is 13.0. The Labute approximate surface area is 131 Å². The standard InChI is InChI=1S/C17H12FNO2S/c1-11-3-2-4-12(9-11)10-15-16(20)19(17(21)22-15)14-7-5-13(18)6-8-14/h2-10H,1H3/b15-10-. The fraction of sp³-hybridized carbons (Fsp3) is 0.0588. The lowest BCUT2D eigenvalue weighted by Gasteiger charge is -2.11. The number of hydrogen-bond donors (Lipinski definition) is 0. The van der Waals surface area contributed by atoms with Crippen molar-refractivity contribution in [3.63, 3.8) is 0 Å².